The average molecular weight is 275 g/mol. The lowest BCUT2D eigenvalue weighted by Crippen LogP contribution is -2.48. The van der Waals surface area contributed by atoms with Gasteiger partial charge in [-0.25, -0.2) is 0 Å². The zero-order valence-electron chi connectivity index (χ0n) is 12.7. The number of amides is 1. The van der Waals surface area contributed by atoms with Gasteiger partial charge in [-0.15, -0.1) is 0 Å². The summed E-state index contributed by atoms with van der Waals surface area (Å²) in [6, 6.07) is 8.20. The molecule has 1 aliphatic heterocycles. The van der Waals surface area contributed by atoms with E-state index >= 15 is 0 Å². The molecule has 1 aromatic rings. The Labute approximate surface area is 121 Å². The van der Waals surface area contributed by atoms with E-state index in [4.69, 9.17) is 0 Å². The molecule has 1 heterocycles. The molecule has 0 aliphatic carbocycles. The van der Waals surface area contributed by atoms with Gasteiger partial charge in [0.2, 0.25) is 5.91 Å². The van der Waals surface area contributed by atoms with Crippen molar-refractivity contribution in [2.24, 2.45) is 0 Å². The number of benzene rings is 1. The number of nitrogens with zero attached hydrogens (tertiary/aromatic N) is 1. The van der Waals surface area contributed by atoms with Crippen molar-refractivity contribution in [1.82, 2.24) is 15.5 Å². The second-order valence-corrected chi connectivity index (χ2v) is 6.02. The maximum absolute atomic E-state index is 12.2. The van der Waals surface area contributed by atoms with Gasteiger partial charge in [0.1, 0.15) is 0 Å². The lowest BCUT2D eigenvalue weighted by atomic mass is 10.0. The van der Waals surface area contributed by atoms with Gasteiger partial charge >= 0.3 is 0 Å². The molecule has 1 atom stereocenters. The van der Waals surface area contributed by atoms with E-state index in [1.807, 2.05) is 19.2 Å². The molecule has 110 valence electrons. The molecular weight excluding hydrogens is 250 g/mol. The predicted molar refractivity (Wildman–Crippen MR) is 81.5 cm³/mol. The van der Waals surface area contributed by atoms with E-state index in [-0.39, 0.29) is 11.4 Å². The molecule has 1 aliphatic rings. The molecule has 2 N–H and O–H groups in total. The Morgan fingerprint density at radius 3 is 2.85 bits per heavy atom. The molecule has 20 heavy (non-hydrogen) atoms. The standard InChI is InChI=1S/C16H25N3O/c1-13-6-4-5-7-14(13)11-19(3)15(20)10-18-16(2)8-9-17-12-16/h4-7,17-18H,8-12H2,1-3H3. The van der Waals surface area contributed by atoms with E-state index in [0.29, 0.717) is 13.1 Å². The summed E-state index contributed by atoms with van der Waals surface area (Å²) in [4.78, 5) is 14.0. The Morgan fingerprint density at radius 1 is 1.45 bits per heavy atom. The maximum Gasteiger partial charge on any atom is 0.236 e. The van der Waals surface area contributed by atoms with E-state index in [9.17, 15) is 4.79 Å². The van der Waals surface area contributed by atoms with Gasteiger partial charge in [0.25, 0.3) is 0 Å². The van der Waals surface area contributed by atoms with Crippen molar-refractivity contribution in [2.45, 2.75) is 32.4 Å². The molecule has 0 spiro atoms. The molecule has 4 heteroatoms. The van der Waals surface area contributed by atoms with Crippen LogP contribution in [0.5, 0.6) is 0 Å². The topological polar surface area (TPSA) is 44.4 Å². The van der Waals surface area contributed by atoms with Crippen LogP contribution in [0, 0.1) is 6.92 Å². The van der Waals surface area contributed by atoms with Crippen LogP contribution in [-0.2, 0) is 11.3 Å². The summed E-state index contributed by atoms with van der Waals surface area (Å²) >= 11 is 0. The number of nitrogens with one attached hydrogen (secondary N) is 2. The fourth-order valence-electron chi connectivity index (χ4n) is 2.52. The van der Waals surface area contributed by atoms with E-state index in [1.165, 1.54) is 11.1 Å². The zero-order valence-corrected chi connectivity index (χ0v) is 12.7. The van der Waals surface area contributed by atoms with Crippen LogP contribution in [0.2, 0.25) is 0 Å². The number of hydrogen-bond donors (Lipinski definition) is 2. The first-order valence-electron chi connectivity index (χ1n) is 7.24. The van der Waals surface area contributed by atoms with Crippen molar-refractivity contribution >= 4 is 5.91 Å². The van der Waals surface area contributed by atoms with Gasteiger partial charge in [0, 0.05) is 25.7 Å². The van der Waals surface area contributed by atoms with Crippen LogP contribution >= 0.6 is 0 Å². The summed E-state index contributed by atoms with van der Waals surface area (Å²) < 4.78 is 0. The van der Waals surface area contributed by atoms with Gasteiger partial charge in [0.05, 0.1) is 6.54 Å². The van der Waals surface area contributed by atoms with Crippen LogP contribution in [0.3, 0.4) is 0 Å². The molecule has 1 fully saturated rings. The fraction of sp³-hybridized carbons (Fsp3) is 0.562. The number of rotatable bonds is 5. The maximum atomic E-state index is 12.2. The number of carbonyl (C=O) groups is 1. The van der Waals surface area contributed by atoms with Crippen LogP contribution in [0.25, 0.3) is 0 Å². The van der Waals surface area contributed by atoms with E-state index in [1.54, 1.807) is 4.90 Å². The number of aryl methyl sites for hydroxylation is 1. The third-order valence-corrected chi connectivity index (χ3v) is 4.13. The molecule has 0 radical (unpaired) electrons. The van der Waals surface area contributed by atoms with Gasteiger partial charge in [-0.2, -0.15) is 0 Å². The van der Waals surface area contributed by atoms with Crippen LogP contribution in [0.15, 0.2) is 24.3 Å². The highest BCUT2D eigenvalue weighted by Crippen LogP contribution is 2.13. The summed E-state index contributed by atoms with van der Waals surface area (Å²) in [6.07, 6.45) is 1.07. The summed E-state index contributed by atoms with van der Waals surface area (Å²) in [6.45, 7) is 7.28. The highest BCUT2D eigenvalue weighted by molar-refractivity contribution is 5.78. The minimum Gasteiger partial charge on any atom is -0.340 e. The summed E-state index contributed by atoms with van der Waals surface area (Å²) in [7, 11) is 1.87. The van der Waals surface area contributed by atoms with Crippen LogP contribution in [0.1, 0.15) is 24.5 Å². The molecule has 1 amide bonds. The minimum atomic E-state index is 0.0547. The molecule has 1 unspecified atom stereocenters. The Hall–Kier alpha value is -1.39. The highest BCUT2D eigenvalue weighted by Gasteiger charge is 2.28. The van der Waals surface area contributed by atoms with Gasteiger partial charge < -0.3 is 15.5 Å². The monoisotopic (exact) mass is 275 g/mol. The van der Waals surface area contributed by atoms with Gasteiger partial charge in [-0.05, 0) is 37.9 Å². The van der Waals surface area contributed by atoms with Crippen molar-refractivity contribution in [3.05, 3.63) is 35.4 Å². The summed E-state index contributed by atoms with van der Waals surface area (Å²) in [5.74, 6) is 0.140. The van der Waals surface area contributed by atoms with Crippen LogP contribution in [-0.4, -0.2) is 43.0 Å². The second-order valence-electron chi connectivity index (χ2n) is 6.02. The Morgan fingerprint density at radius 2 is 2.20 bits per heavy atom. The van der Waals surface area contributed by atoms with Gasteiger partial charge in [-0.3, -0.25) is 4.79 Å². The number of likely N-dealkylation sites (N-methyl/N-ethyl adjacent to an activating group) is 1. The van der Waals surface area contributed by atoms with Crippen molar-refractivity contribution in [3.63, 3.8) is 0 Å². The average Bonchev–Trinajstić information content (AvgIpc) is 2.86. The molecular formula is C16H25N3O. The zero-order chi connectivity index (χ0) is 14.6. The SMILES string of the molecule is Cc1ccccc1CN(C)C(=O)CNC1(C)CCNC1. The number of carbonyl (C=O) groups excluding carboxylic acids is 1. The van der Waals surface area contributed by atoms with Crippen LogP contribution in [0.4, 0.5) is 0 Å². The Bertz CT molecular complexity index is 467. The largest absolute Gasteiger partial charge is 0.340 e. The Kier molecular flexibility index (Phi) is 4.78. The lowest BCUT2D eigenvalue weighted by Gasteiger charge is -2.26. The molecule has 2 rings (SSSR count). The smallest absolute Gasteiger partial charge is 0.236 e. The first-order valence-corrected chi connectivity index (χ1v) is 7.24. The third-order valence-electron chi connectivity index (χ3n) is 4.13. The first-order chi connectivity index (χ1) is 9.50. The normalized spacial score (nSPS) is 21.9. The fourth-order valence-corrected chi connectivity index (χ4v) is 2.52. The minimum absolute atomic E-state index is 0.0547. The van der Waals surface area contributed by atoms with Gasteiger partial charge in [-0.1, -0.05) is 24.3 Å². The molecule has 0 aromatic heterocycles. The van der Waals surface area contributed by atoms with Crippen molar-refractivity contribution in [1.29, 1.82) is 0 Å². The molecule has 1 saturated heterocycles. The quantitative estimate of drug-likeness (QED) is 0.851. The number of hydrogen-bond acceptors (Lipinski definition) is 3. The lowest BCUT2D eigenvalue weighted by molar-refractivity contribution is -0.129. The van der Waals surface area contributed by atoms with Crippen molar-refractivity contribution < 1.29 is 4.79 Å². The summed E-state index contributed by atoms with van der Waals surface area (Å²) in [5.41, 5.74) is 2.49. The summed E-state index contributed by atoms with van der Waals surface area (Å²) in [5, 5.41) is 6.71. The van der Waals surface area contributed by atoms with Crippen molar-refractivity contribution in [3.8, 4) is 0 Å². The molecule has 0 saturated carbocycles. The predicted octanol–water partition coefficient (Wildman–Crippen LogP) is 1.30. The highest BCUT2D eigenvalue weighted by atomic mass is 16.2. The van der Waals surface area contributed by atoms with Crippen LogP contribution < -0.4 is 10.6 Å². The third kappa shape index (κ3) is 3.81. The van der Waals surface area contributed by atoms with E-state index in [2.05, 4.69) is 36.6 Å². The van der Waals surface area contributed by atoms with E-state index < -0.39 is 0 Å². The first kappa shape index (κ1) is 15.0. The second kappa shape index (κ2) is 6.37. The Balaban J connectivity index is 1.84. The molecule has 4 nitrogen and oxygen atoms in total. The molecule has 1 aromatic carbocycles. The van der Waals surface area contributed by atoms with Crippen molar-refractivity contribution in [2.75, 3.05) is 26.7 Å². The van der Waals surface area contributed by atoms with E-state index in [0.717, 1.165) is 19.5 Å². The van der Waals surface area contributed by atoms with Gasteiger partial charge in [0.15, 0.2) is 0 Å². The molecule has 0 bridgehead atoms.